The van der Waals surface area contributed by atoms with Gasteiger partial charge in [-0.15, -0.1) is 0 Å². The molecule has 0 radical (unpaired) electrons. The summed E-state index contributed by atoms with van der Waals surface area (Å²) in [5, 5.41) is 3.72. The average Bonchev–Trinajstić information content (AvgIpc) is 2.92. The minimum absolute atomic E-state index is 0.0627. The van der Waals surface area contributed by atoms with Gasteiger partial charge in [0.05, 0.1) is 5.69 Å². The summed E-state index contributed by atoms with van der Waals surface area (Å²) in [6.45, 7) is 6.21. The molecule has 0 aromatic carbocycles. The molecule has 1 spiro atoms. The molecule has 1 atom stereocenters. The quantitative estimate of drug-likeness (QED) is 0.737. The number of nitrogens with zero attached hydrogens (tertiary/aromatic N) is 1. The van der Waals surface area contributed by atoms with Gasteiger partial charge in [0.2, 0.25) is 0 Å². The maximum atomic E-state index is 12.2. The highest BCUT2D eigenvalue weighted by Gasteiger charge is 2.51. The predicted molar refractivity (Wildman–Crippen MR) is 104 cm³/mol. The van der Waals surface area contributed by atoms with E-state index in [2.05, 4.69) is 26.2 Å². The van der Waals surface area contributed by atoms with Crippen LogP contribution < -0.4 is 5.32 Å². The highest BCUT2D eigenvalue weighted by Crippen LogP contribution is 2.45. The lowest BCUT2D eigenvalue weighted by Gasteiger charge is -2.36. The van der Waals surface area contributed by atoms with Crippen molar-refractivity contribution in [3.8, 4) is 0 Å². The van der Waals surface area contributed by atoms with E-state index in [0.717, 1.165) is 29.4 Å². The topological polar surface area (TPSA) is 60.5 Å². The number of carbonyl (C=O) groups excluding carboxylic acids is 1. The second-order valence-electron chi connectivity index (χ2n) is 8.60. The second-order valence-corrected chi connectivity index (χ2v) is 9.52. The number of nitrogens with one attached hydrogen (secondary N) is 1. The van der Waals surface area contributed by atoms with Crippen molar-refractivity contribution in [2.24, 2.45) is 0 Å². The van der Waals surface area contributed by atoms with E-state index in [9.17, 15) is 4.79 Å². The molecular weight excluding hydrogens is 396 g/mol. The average molecular weight is 425 g/mol. The lowest BCUT2D eigenvalue weighted by Crippen LogP contribution is -2.41. The number of aromatic nitrogens is 1. The summed E-state index contributed by atoms with van der Waals surface area (Å²) in [6, 6.07) is 3.97. The van der Waals surface area contributed by atoms with Gasteiger partial charge in [-0.2, -0.15) is 0 Å². The Hall–Kier alpha value is -0.980. The lowest BCUT2D eigenvalue weighted by molar-refractivity contribution is -0.167. The van der Waals surface area contributed by atoms with Gasteiger partial charge in [-0.05, 0) is 61.7 Å². The van der Waals surface area contributed by atoms with Gasteiger partial charge in [-0.3, -0.25) is 4.98 Å². The molecule has 0 bridgehead atoms. The van der Waals surface area contributed by atoms with E-state index in [4.69, 9.17) is 9.47 Å². The highest BCUT2D eigenvalue weighted by atomic mass is 79.9. The normalized spacial score (nSPS) is 25.4. The van der Waals surface area contributed by atoms with E-state index in [1.54, 1.807) is 6.20 Å². The fourth-order valence-corrected chi connectivity index (χ4v) is 4.39. The van der Waals surface area contributed by atoms with Crippen molar-refractivity contribution in [1.29, 1.82) is 0 Å². The van der Waals surface area contributed by atoms with Crippen molar-refractivity contribution in [3.63, 3.8) is 0 Å². The van der Waals surface area contributed by atoms with Crippen LogP contribution in [0.25, 0.3) is 0 Å². The zero-order valence-corrected chi connectivity index (χ0v) is 17.5. The molecule has 1 saturated carbocycles. The van der Waals surface area contributed by atoms with Crippen molar-refractivity contribution in [2.75, 3.05) is 13.2 Å². The molecule has 1 aromatic rings. The molecule has 5 nitrogen and oxygen atoms in total. The van der Waals surface area contributed by atoms with E-state index in [0.29, 0.717) is 6.54 Å². The third kappa shape index (κ3) is 4.65. The lowest BCUT2D eigenvalue weighted by atomic mass is 9.77. The molecule has 1 aliphatic heterocycles. The van der Waals surface area contributed by atoms with E-state index < -0.39 is 11.2 Å². The van der Waals surface area contributed by atoms with Gasteiger partial charge in [-0.1, -0.05) is 19.3 Å². The van der Waals surface area contributed by atoms with E-state index >= 15 is 0 Å². The zero-order valence-electron chi connectivity index (χ0n) is 15.9. The van der Waals surface area contributed by atoms with E-state index in [-0.39, 0.29) is 18.1 Å². The van der Waals surface area contributed by atoms with Crippen LogP contribution in [0.1, 0.15) is 65.0 Å². The molecule has 0 amide bonds. The number of esters is 1. The fraction of sp³-hybridized carbons (Fsp3) is 0.700. The van der Waals surface area contributed by atoms with Crippen LogP contribution in [0.4, 0.5) is 0 Å². The first-order valence-corrected chi connectivity index (χ1v) is 10.2. The molecule has 1 unspecified atom stereocenters. The fourth-order valence-electron chi connectivity index (χ4n) is 4.15. The van der Waals surface area contributed by atoms with Crippen molar-refractivity contribution >= 4 is 21.9 Å². The first-order chi connectivity index (χ1) is 12.2. The molecule has 6 heteroatoms. The molecule has 1 saturated heterocycles. The summed E-state index contributed by atoms with van der Waals surface area (Å²) >= 11 is 3.44. The Balaban J connectivity index is 1.79. The van der Waals surface area contributed by atoms with E-state index in [1.165, 1.54) is 19.3 Å². The van der Waals surface area contributed by atoms with Crippen LogP contribution in [-0.4, -0.2) is 35.2 Å². The first-order valence-electron chi connectivity index (χ1n) is 9.45. The van der Waals surface area contributed by atoms with Crippen molar-refractivity contribution in [3.05, 3.63) is 28.5 Å². The van der Waals surface area contributed by atoms with Gasteiger partial charge >= 0.3 is 5.97 Å². The van der Waals surface area contributed by atoms with Crippen molar-refractivity contribution < 1.29 is 14.3 Å². The van der Waals surface area contributed by atoms with Crippen LogP contribution in [0.5, 0.6) is 0 Å². The van der Waals surface area contributed by atoms with Gasteiger partial charge in [0, 0.05) is 29.2 Å². The monoisotopic (exact) mass is 424 g/mol. The second kappa shape index (κ2) is 7.56. The van der Waals surface area contributed by atoms with Crippen molar-refractivity contribution in [1.82, 2.24) is 10.3 Å². The van der Waals surface area contributed by atoms with Gasteiger partial charge in [0.1, 0.15) is 17.8 Å². The Kier molecular flexibility index (Phi) is 5.75. The molecule has 1 N–H and O–H groups in total. The Labute approximate surface area is 164 Å². The minimum Gasteiger partial charge on any atom is -0.458 e. The molecule has 2 aliphatic rings. The Morgan fingerprint density at radius 1 is 1.27 bits per heavy atom. The summed E-state index contributed by atoms with van der Waals surface area (Å²) in [4.78, 5) is 16.8. The molecule has 2 heterocycles. The Morgan fingerprint density at radius 3 is 2.62 bits per heavy atom. The highest BCUT2D eigenvalue weighted by molar-refractivity contribution is 9.10. The smallest absolute Gasteiger partial charge is 0.332 e. The number of rotatable bonds is 4. The summed E-state index contributed by atoms with van der Waals surface area (Å²) < 4.78 is 12.6. The van der Waals surface area contributed by atoms with Crippen LogP contribution in [0.2, 0.25) is 0 Å². The zero-order chi connectivity index (χ0) is 18.8. The molecule has 144 valence electrons. The number of halogens is 1. The van der Waals surface area contributed by atoms with Crippen LogP contribution in [-0.2, 0) is 19.9 Å². The molecule has 2 fully saturated rings. The van der Waals surface area contributed by atoms with Gasteiger partial charge in [0.25, 0.3) is 0 Å². The number of hydrogen-bond donors (Lipinski definition) is 1. The summed E-state index contributed by atoms with van der Waals surface area (Å²) in [6.07, 6.45) is 8.72. The van der Waals surface area contributed by atoms with Gasteiger partial charge < -0.3 is 14.8 Å². The molecule has 26 heavy (non-hydrogen) atoms. The molecule has 1 aliphatic carbocycles. The van der Waals surface area contributed by atoms with Crippen LogP contribution in [0, 0.1) is 0 Å². The largest absolute Gasteiger partial charge is 0.458 e. The molecule has 1 aromatic heterocycles. The Bertz CT molecular complexity index is 635. The first kappa shape index (κ1) is 19.8. The third-order valence-electron chi connectivity index (χ3n) is 5.26. The summed E-state index contributed by atoms with van der Waals surface area (Å²) in [5.41, 5.74) is -0.128. The number of carbonyl (C=O) groups is 1. The third-order valence-corrected chi connectivity index (χ3v) is 5.73. The van der Waals surface area contributed by atoms with E-state index in [1.807, 2.05) is 32.9 Å². The predicted octanol–water partition coefficient (Wildman–Crippen LogP) is 4.09. The number of ether oxygens (including phenoxy) is 2. The van der Waals surface area contributed by atoms with Crippen LogP contribution >= 0.6 is 15.9 Å². The van der Waals surface area contributed by atoms with Crippen LogP contribution in [0.3, 0.4) is 0 Å². The standard InChI is InChI=1S/C20H29BrN2O3/c1-18(2,3)26-17(24)12-25-20(16-8-7-15(21)11-22-16)13-19(23-14-20)9-5-4-6-10-19/h7-8,11,23H,4-6,9-10,12-14H2,1-3H3. The maximum Gasteiger partial charge on any atom is 0.332 e. The molecule has 3 rings (SSSR count). The SMILES string of the molecule is CC(C)(C)OC(=O)COC1(c2ccc(Br)cn2)CNC2(CCCCC2)C1. The summed E-state index contributed by atoms with van der Waals surface area (Å²) in [5.74, 6) is -0.335. The number of pyridine rings is 1. The Morgan fingerprint density at radius 2 is 2.00 bits per heavy atom. The van der Waals surface area contributed by atoms with Crippen molar-refractivity contribution in [2.45, 2.75) is 76.0 Å². The number of hydrogen-bond acceptors (Lipinski definition) is 5. The summed E-state index contributed by atoms with van der Waals surface area (Å²) in [7, 11) is 0. The van der Waals surface area contributed by atoms with Crippen LogP contribution in [0.15, 0.2) is 22.8 Å². The van der Waals surface area contributed by atoms with Gasteiger partial charge in [-0.25, -0.2) is 4.79 Å². The maximum absolute atomic E-state index is 12.2. The molecular formula is C20H29BrN2O3. The van der Waals surface area contributed by atoms with Gasteiger partial charge in [0.15, 0.2) is 0 Å². The minimum atomic E-state index is -0.588.